The van der Waals surface area contributed by atoms with E-state index in [0.29, 0.717) is 5.92 Å². The molecule has 1 aliphatic rings. The molecule has 0 spiro atoms. The topological polar surface area (TPSA) is 29.2 Å². The van der Waals surface area contributed by atoms with Gasteiger partial charge in [-0.05, 0) is 49.3 Å². The highest BCUT2D eigenvalue weighted by Gasteiger charge is 2.19. The maximum absolute atomic E-state index is 5.45. The monoisotopic (exact) mass is 354 g/mol. The van der Waals surface area contributed by atoms with Gasteiger partial charge in [0.05, 0.1) is 13.3 Å². The number of pyridine rings is 2. The van der Waals surface area contributed by atoms with E-state index in [4.69, 9.17) is 4.74 Å². The SMILES string of the molecule is CCc1cc[n+](CC(C)Cc2ccncc2OC)cc1N1CCCCC1. The summed E-state index contributed by atoms with van der Waals surface area (Å²) in [5.74, 6) is 1.41. The van der Waals surface area contributed by atoms with Crippen molar-refractivity contribution in [3.05, 3.63) is 48.0 Å². The Labute approximate surface area is 157 Å². The summed E-state index contributed by atoms with van der Waals surface area (Å²) in [4.78, 5) is 6.73. The van der Waals surface area contributed by atoms with Crippen LogP contribution in [0.15, 0.2) is 36.9 Å². The number of anilines is 1. The van der Waals surface area contributed by atoms with E-state index in [1.165, 1.54) is 49.2 Å². The van der Waals surface area contributed by atoms with Crippen molar-refractivity contribution in [3.8, 4) is 5.75 Å². The smallest absolute Gasteiger partial charge is 0.192 e. The lowest BCUT2D eigenvalue weighted by molar-refractivity contribution is -0.702. The number of aryl methyl sites for hydroxylation is 1. The molecule has 3 rings (SSSR count). The molecular weight excluding hydrogens is 322 g/mol. The summed E-state index contributed by atoms with van der Waals surface area (Å²) in [6, 6.07) is 4.38. The van der Waals surface area contributed by atoms with Crippen molar-refractivity contribution in [1.82, 2.24) is 4.98 Å². The van der Waals surface area contributed by atoms with Gasteiger partial charge in [-0.2, -0.15) is 0 Å². The Balaban J connectivity index is 1.72. The summed E-state index contributed by atoms with van der Waals surface area (Å²) in [7, 11) is 1.72. The molecule has 0 amide bonds. The van der Waals surface area contributed by atoms with E-state index >= 15 is 0 Å². The molecule has 2 aromatic rings. The Morgan fingerprint density at radius 2 is 2.00 bits per heavy atom. The molecule has 0 aromatic carbocycles. The third-order valence-electron chi connectivity index (χ3n) is 5.34. The van der Waals surface area contributed by atoms with Crippen molar-refractivity contribution in [1.29, 1.82) is 0 Å². The second-order valence-electron chi connectivity index (χ2n) is 7.45. The first kappa shape index (κ1) is 18.7. The number of nitrogens with zero attached hydrogens (tertiary/aromatic N) is 3. The minimum Gasteiger partial charge on any atom is -0.495 e. The largest absolute Gasteiger partial charge is 0.495 e. The number of ether oxygens (including phenoxy) is 1. The molecule has 2 aromatic heterocycles. The first-order valence-electron chi connectivity index (χ1n) is 9.95. The second kappa shape index (κ2) is 9.02. The summed E-state index contributed by atoms with van der Waals surface area (Å²) >= 11 is 0. The minimum atomic E-state index is 0.526. The highest BCUT2D eigenvalue weighted by molar-refractivity contribution is 5.50. The molecule has 0 radical (unpaired) electrons. The number of hydrogen-bond donors (Lipinski definition) is 0. The quantitative estimate of drug-likeness (QED) is 0.708. The van der Waals surface area contributed by atoms with Gasteiger partial charge < -0.3 is 9.64 Å². The lowest BCUT2D eigenvalue weighted by Gasteiger charge is -2.29. The summed E-state index contributed by atoms with van der Waals surface area (Å²) in [6.07, 6.45) is 14.4. The Morgan fingerprint density at radius 1 is 1.19 bits per heavy atom. The molecule has 4 nitrogen and oxygen atoms in total. The van der Waals surface area contributed by atoms with Gasteiger partial charge in [0, 0.05) is 31.3 Å². The van der Waals surface area contributed by atoms with Gasteiger partial charge in [0.1, 0.15) is 11.4 Å². The predicted molar refractivity (Wildman–Crippen MR) is 106 cm³/mol. The molecule has 4 heteroatoms. The fourth-order valence-electron chi connectivity index (χ4n) is 3.95. The zero-order chi connectivity index (χ0) is 18.4. The van der Waals surface area contributed by atoms with Crippen LogP contribution in [0.3, 0.4) is 0 Å². The summed E-state index contributed by atoms with van der Waals surface area (Å²) < 4.78 is 7.81. The maximum atomic E-state index is 5.45. The molecule has 1 unspecified atom stereocenters. The number of methoxy groups -OCH3 is 1. The van der Waals surface area contributed by atoms with Gasteiger partial charge >= 0.3 is 0 Å². The molecular formula is C22H32N3O+. The lowest BCUT2D eigenvalue weighted by Crippen LogP contribution is -2.39. The fraction of sp³-hybridized carbons (Fsp3) is 0.545. The van der Waals surface area contributed by atoms with Crippen LogP contribution in [0.5, 0.6) is 5.75 Å². The van der Waals surface area contributed by atoms with Crippen LogP contribution < -0.4 is 14.2 Å². The van der Waals surface area contributed by atoms with Crippen LogP contribution in [0, 0.1) is 5.92 Å². The van der Waals surface area contributed by atoms with Gasteiger partial charge in [0.2, 0.25) is 0 Å². The number of rotatable bonds is 7. The lowest BCUT2D eigenvalue weighted by atomic mass is 10.0. The molecule has 1 fully saturated rings. The Morgan fingerprint density at radius 3 is 2.73 bits per heavy atom. The van der Waals surface area contributed by atoms with E-state index in [1.54, 1.807) is 13.3 Å². The van der Waals surface area contributed by atoms with Crippen LogP contribution in [0.4, 0.5) is 5.69 Å². The van der Waals surface area contributed by atoms with Crippen LogP contribution in [-0.4, -0.2) is 25.2 Å². The van der Waals surface area contributed by atoms with Gasteiger partial charge in [-0.1, -0.05) is 13.8 Å². The van der Waals surface area contributed by atoms with E-state index in [9.17, 15) is 0 Å². The van der Waals surface area contributed by atoms with Crippen molar-refractivity contribution >= 4 is 5.69 Å². The van der Waals surface area contributed by atoms with Crippen LogP contribution in [-0.2, 0) is 19.4 Å². The molecule has 0 bridgehead atoms. The van der Waals surface area contributed by atoms with Crippen molar-refractivity contribution in [2.75, 3.05) is 25.1 Å². The average Bonchev–Trinajstić information content (AvgIpc) is 2.69. The predicted octanol–water partition coefficient (Wildman–Crippen LogP) is 3.81. The van der Waals surface area contributed by atoms with E-state index in [-0.39, 0.29) is 0 Å². The average molecular weight is 355 g/mol. The van der Waals surface area contributed by atoms with Crippen LogP contribution >= 0.6 is 0 Å². The van der Waals surface area contributed by atoms with Gasteiger partial charge in [0.25, 0.3) is 0 Å². The van der Waals surface area contributed by atoms with Gasteiger partial charge in [0.15, 0.2) is 18.9 Å². The van der Waals surface area contributed by atoms with E-state index < -0.39 is 0 Å². The number of aromatic nitrogens is 2. The van der Waals surface area contributed by atoms with Crippen molar-refractivity contribution < 1.29 is 9.30 Å². The maximum Gasteiger partial charge on any atom is 0.192 e. The van der Waals surface area contributed by atoms with E-state index in [2.05, 4.69) is 52.8 Å². The van der Waals surface area contributed by atoms with E-state index in [0.717, 1.165) is 25.1 Å². The van der Waals surface area contributed by atoms with Crippen molar-refractivity contribution in [2.24, 2.45) is 5.92 Å². The zero-order valence-electron chi connectivity index (χ0n) is 16.4. The van der Waals surface area contributed by atoms with Crippen molar-refractivity contribution in [2.45, 2.75) is 52.5 Å². The first-order chi connectivity index (χ1) is 12.7. The summed E-state index contributed by atoms with van der Waals surface area (Å²) in [5, 5.41) is 0. The third kappa shape index (κ3) is 4.54. The number of piperidine rings is 1. The van der Waals surface area contributed by atoms with Gasteiger partial charge in [-0.25, -0.2) is 4.57 Å². The molecule has 0 saturated carbocycles. The molecule has 1 aliphatic heterocycles. The number of hydrogen-bond acceptors (Lipinski definition) is 3. The Bertz CT molecular complexity index is 710. The second-order valence-corrected chi connectivity index (χ2v) is 7.45. The summed E-state index contributed by atoms with van der Waals surface area (Å²) in [5.41, 5.74) is 4.13. The molecule has 1 atom stereocenters. The highest BCUT2D eigenvalue weighted by Crippen LogP contribution is 2.24. The third-order valence-corrected chi connectivity index (χ3v) is 5.34. The molecule has 0 aliphatic carbocycles. The van der Waals surface area contributed by atoms with E-state index in [1.807, 2.05) is 6.20 Å². The van der Waals surface area contributed by atoms with Crippen LogP contribution in [0.1, 0.15) is 44.2 Å². The molecule has 1 saturated heterocycles. The minimum absolute atomic E-state index is 0.526. The van der Waals surface area contributed by atoms with Crippen molar-refractivity contribution in [3.63, 3.8) is 0 Å². The van der Waals surface area contributed by atoms with Crippen LogP contribution in [0.25, 0.3) is 0 Å². The molecule has 3 heterocycles. The van der Waals surface area contributed by atoms with Gasteiger partial charge in [-0.3, -0.25) is 4.98 Å². The van der Waals surface area contributed by atoms with Gasteiger partial charge in [-0.15, -0.1) is 0 Å². The fourth-order valence-corrected chi connectivity index (χ4v) is 3.95. The standard InChI is InChI=1S/C22H32N3O/c1-4-19-9-13-24(17-21(19)25-11-6-5-7-12-25)16-18(2)14-20-8-10-23-15-22(20)26-3/h8-10,13,15,17-18H,4-7,11-12,14,16H2,1-3H3/q+1. The first-order valence-corrected chi connectivity index (χ1v) is 9.95. The molecule has 140 valence electrons. The Kier molecular flexibility index (Phi) is 6.48. The Hall–Kier alpha value is -2.10. The molecule has 26 heavy (non-hydrogen) atoms. The zero-order valence-corrected chi connectivity index (χ0v) is 16.4. The summed E-state index contributed by atoms with van der Waals surface area (Å²) in [6.45, 7) is 7.96. The normalized spacial score (nSPS) is 15.7. The van der Waals surface area contributed by atoms with Crippen LogP contribution in [0.2, 0.25) is 0 Å². The highest BCUT2D eigenvalue weighted by atomic mass is 16.5. The molecule has 0 N–H and O–H groups in total.